The second-order valence-electron chi connectivity index (χ2n) is 5.27. The van der Waals surface area contributed by atoms with Crippen LogP contribution in [0.2, 0.25) is 0 Å². The van der Waals surface area contributed by atoms with Gasteiger partial charge in [0.15, 0.2) is 0 Å². The molecule has 0 aromatic rings. The van der Waals surface area contributed by atoms with Gasteiger partial charge in [0.1, 0.15) is 0 Å². The molecule has 1 saturated carbocycles. The lowest BCUT2D eigenvalue weighted by atomic mass is 10.1. The van der Waals surface area contributed by atoms with Crippen LogP contribution in [0.5, 0.6) is 0 Å². The molecule has 1 heterocycles. The number of hydrogen-bond donors (Lipinski definition) is 1. The molecular weight excluding hydrogens is 162 g/mol. The summed E-state index contributed by atoms with van der Waals surface area (Å²) in [5.41, 5.74) is 0.127. The Kier molecular flexibility index (Phi) is 2.37. The normalized spacial score (nSPS) is 42.2. The SMILES string of the molecule is CC1CC1NCC1CCC(C)(C)O1. The molecule has 76 valence electrons. The molecule has 2 rings (SSSR count). The first kappa shape index (κ1) is 9.47. The van der Waals surface area contributed by atoms with Crippen LogP contribution < -0.4 is 5.32 Å². The summed E-state index contributed by atoms with van der Waals surface area (Å²) < 4.78 is 5.90. The highest BCUT2D eigenvalue weighted by Gasteiger charge is 2.35. The molecule has 2 nitrogen and oxygen atoms in total. The zero-order chi connectivity index (χ0) is 9.47. The first-order valence-corrected chi connectivity index (χ1v) is 5.48. The Morgan fingerprint density at radius 3 is 2.62 bits per heavy atom. The summed E-state index contributed by atoms with van der Waals surface area (Å²) in [6.07, 6.45) is 4.25. The maximum atomic E-state index is 5.90. The molecule has 0 amide bonds. The Balaban J connectivity index is 1.66. The summed E-state index contributed by atoms with van der Waals surface area (Å²) in [6, 6.07) is 0.785. The van der Waals surface area contributed by atoms with E-state index < -0.39 is 0 Å². The van der Waals surface area contributed by atoms with Crippen LogP contribution in [-0.4, -0.2) is 24.3 Å². The lowest BCUT2D eigenvalue weighted by Crippen LogP contribution is -2.31. The van der Waals surface area contributed by atoms with Gasteiger partial charge in [0.05, 0.1) is 11.7 Å². The van der Waals surface area contributed by atoms with Crippen molar-refractivity contribution in [2.75, 3.05) is 6.54 Å². The van der Waals surface area contributed by atoms with Crippen LogP contribution in [0.4, 0.5) is 0 Å². The van der Waals surface area contributed by atoms with Gasteiger partial charge in [-0.05, 0) is 39.0 Å². The van der Waals surface area contributed by atoms with Crippen LogP contribution in [0.3, 0.4) is 0 Å². The Morgan fingerprint density at radius 2 is 2.15 bits per heavy atom. The molecule has 1 saturated heterocycles. The third kappa shape index (κ3) is 2.44. The highest BCUT2D eigenvalue weighted by atomic mass is 16.5. The molecule has 0 radical (unpaired) electrons. The Morgan fingerprint density at radius 1 is 1.46 bits per heavy atom. The monoisotopic (exact) mass is 183 g/mol. The van der Waals surface area contributed by atoms with Crippen LogP contribution in [0, 0.1) is 5.92 Å². The largest absolute Gasteiger partial charge is 0.371 e. The van der Waals surface area contributed by atoms with Gasteiger partial charge < -0.3 is 10.1 Å². The first-order chi connectivity index (χ1) is 6.07. The van der Waals surface area contributed by atoms with Gasteiger partial charge in [-0.2, -0.15) is 0 Å². The van der Waals surface area contributed by atoms with Gasteiger partial charge in [-0.3, -0.25) is 0 Å². The fraction of sp³-hybridized carbons (Fsp3) is 1.00. The Hall–Kier alpha value is -0.0800. The van der Waals surface area contributed by atoms with E-state index >= 15 is 0 Å². The Labute approximate surface area is 81.0 Å². The maximum absolute atomic E-state index is 5.90. The first-order valence-electron chi connectivity index (χ1n) is 5.48. The van der Waals surface area contributed by atoms with Crippen molar-refractivity contribution in [3.05, 3.63) is 0 Å². The van der Waals surface area contributed by atoms with Crippen molar-refractivity contribution in [3.63, 3.8) is 0 Å². The predicted octanol–water partition coefficient (Wildman–Crippen LogP) is 1.94. The molecule has 3 atom stereocenters. The van der Waals surface area contributed by atoms with Crippen molar-refractivity contribution < 1.29 is 4.74 Å². The predicted molar refractivity (Wildman–Crippen MR) is 53.8 cm³/mol. The van der Waals surface area contributed by atoms with E-state index in [4.69, 9.17) is 4.74 Å². The van der Waals surface area contributed by atoms with Gasteiger partial charge in [0, 0.05) is 12.6 Å². The van der Waals surface area contributed by atoms with E-state index in [-0.39, 0.29) is 5.60 Å². The average Bonchev–Trinajstić information content (AvgIpc) is 2.62. The van der Waals surface area contributed by atoms with Crippen LogP contribution >= 0.6 is 0 Å². The van der Waals surface area contributed by atoms with E-state index in [1.807, 2.05) is 0 Å². The fourth-order valence-corrected chi connectivity index (χ4v) is 2.11. The standard InChI is InChI=1S/C11H21NO/c1-8-6-10(8)12-7-9-4-5-11(2,3)13-9/h8-10,12H,4-7H2,1-3H3. The molecule has 3 unspecified atom stereocenters. The smallest absolute Gasteiger partial charge is 0.0707 e. The van der Waals surface area contributed by atoms with Crippen molar-refractivity contribution >= 4 is 0 Å². The third-order valence-electron chi connectivity index (χ3n) is 3.27. The number of hydrogen-bond acceptors (Lipinski definition) is 2. The zero-order valence-electron chi connectivity index (χ0n) is 8.97. The molecule has 13 heavy (non-hydrogen) atoms. The molecule has 1 aliphatic carbocycles. The summed E-state index contributed by atoms with van der Waals surface area (Å²) in [6.45, 7) is 7.73. The summed E-state index contributed by atoms with van der Waals surface area (Å²) in [4.78, 5) is 0. The van der Waals surface area contributed by atoms with Crippen molar-refractivity contribution in [2.45, 2.75) is 57.8 Å². The van der Waals surface area contributed by atoms with Gasteiger partial charge >= 0.3 is 0 Å². The summed E-state index contributed by atoms with van der Waals surface area (Å²) >= 11 is 0. The van der Waals surface area contributed by atoms with Gasteiger partial charge in [-0.15, -0.1) is 0 Å². The van der Waals surface area contributed by atoms with Crippen molar-refractivity contribution in [1.29, 1.82) is 0 Å². The molecule has 0 aromatic heterocycles. The minimum absolute atomic E-state index is 0.127. The van der Waals surface area contributed by atoms with E-state index in [2.05, 4.69) is 26.1 Å². The van der Waals surface area contributed by atoms with Crippen LogP contribution in [-0.2, 0) is 4.74 Å². The zero-order valence-corrected chi connectivity index (χ0v) is 8.97. The Bertz CT molecular complexity index is 191. The van der Waals surface area contributed by atoms with Crippen LogP contribution in [0.1, 0.15) is 40.0 Å². The van der Waals surface area contributed by atoms with Gasteiger partial charge in [0.2, 0.25) is 0 Å². The molecule has 0 spiro atoms. The van der Waals surface area contributed by atoms with Crippen molar-refractivity contribution in [2.24, 2.45) is 5.92 Å². The fourth-order valence-electron chi connectivity index (χ4n) is 2.11. The van der Waals surface area contributed by atoms with E-state index in [0.29, 0.717) is 6.10 Å². The van der Waals surface area contributed by atoms with Gasteiger partial charge in [-0.1, -0.05) is 6.92 Å². The van der Waals surface area contributed by atoms with E-state index in [0.717, 1.165) is 18.5 Å². The summed E-state index contributed by atoms with van der Waals surface area (Å²) in [5, 5.41) is 3.56. The molecule has 2 aliphatic rings. The number of ether oxygens (including phenoxy) is 1. The van der Waals surface area contributed by atoms with Crippen LogP contribution in [0.25, 0.3) is 0 Å². The third-order valence-corrected chi connectivity index (χ3v) is 3.27. The molecule has 1 N–H and O–H groups in total. The lowest BCUT2D eigenvalue weighted by molar-refractivity contribution is -0.0144. The summed E-state index contributed by atoms with van der Waals surface area (Å²) in [7, 11) is 0. The van der Waals surface area contributed by atoms with E-state index in [9.17, 15) is 0 Å². The van der Waals surface area contributed by atoms with Crippen LogP contribution in [0.15, 0.2) is 0 Å². The van der Waals surface area contributed by atoms with E-state index in [1.165, 1.54) is 19.3 Å². The number of nitrogens with one attached hydrogen (secondary N) is 1. The van der Waals surface area contributed by atoms with Gasteiger partial charge in [0.25, 0.3) is 0 Å². The van der Waals surface area contributed by atoms with Crippen molar-refractivity contribution in [3.8, 4) is 0 Å². The quantitative estimate of drug-likeness (QED) is 0.722. The second-order valence-corrected chi connectivity index (χ2v) is 5.27. The molecule has 2 heteroatoms. The molecule has 2 fully saturated rings. The maximum Gasteiger partial charge on any atom is 0.0707 e. The molecule has 0 bridgehead atoms. The minimum atomic E-state index is 0.127. The topological polar surface area (TPSA) is 21.3 Å². The van der Waals surface area contributed by atoms with Crippen molar-refractivity contribution in [1.82, 2.24) is 5.32 Å². The highest BCUT2D eigenvalue weighted by molar-refractivity contribution is 4.91. The molecular formula is C11H21NO. The van der Waals surface area contributed by atoms with E-state index in [1.54, 1.807) is 0 Å². The minimum Gasteiger partial charge on any atom is -0.371 e. The molecule has 1 aliphatic heterocycles. The van der Waals surface area contributed by atoms with Gasteiger partial charge in [-0.25, -0.2) is 0 Å². The average molecular weight is 183 g/mol. The summed E-state index contributed by atoms with van der Waals surface area (Å²) in [5.74, 6) is 0.898. The highest BCUT2D eigenvalue weighted by Crippen LogP contribution is 2.31. The number of rotatable bonds is 3. The molecule has 0 aromatic carbocycles. The lowest BCUT2D eigenvalue weighted by Gasteiger charge is -2.19. The second kappa shape index (κ2) is 3.25.